The van der Waals surface area contributed by atoms with E-state index in [2.05, 4.69) is 211 Å². The highest BCUT2D eigenvalue weighted by Crippen LogP contribution is 2.52. The third-order valence-electron chi connectivity index (χ3n) is 12.7. The van der Waals surface area contributed by atoms with E-state index in [1.807, 2.05) is 0 Å². The predicted molar refractivity (Wildman–Crippen MR) is 239 cm³/mol. The molecule has 0 radical (unpaired) electrons. The van der Waals surface area contributed by atoms with Crippen LogP contribution in [-0.4, -0.2) is 0 Å². The van der Waals surface area contributed by atoms with Gasteiger partial charge in [-0.25, -0.2) is 0 Å². The number of hydrogen-bond acceptors (Lipinski definition) is 0. The van der Waals surface area contributed by atoms with Crippen LogP contribution in [0.5, 0.6) is 0 Å². The van der Waals surface area contributed by atoms with Gasteiger partial charge in [-0.3, -0.25) is 0 Å². The fourth-order valence-electron chi connectivity index (χ4n) is 9.21. The first-order chi connectivity index (χ1) is 25.7. The van der Waals surface area contributed by atoms with Crippen molar-refractivity contribution in [2.75, 3.05) is 0 Å². The molecule has 0 N–H and O–H groups in total. The van der Waals surface area contributed by atoms with Gasteiger partial charge in [-0.2, -0.15) is 0 Å². The molecule has 5 aromatic carbocycles. The molecule has 0 saturated carbocycles. The van der Waals surface area contributed by atoms with Crippen LogP contribution in [0, 0.1) is 5.92 Å². The molecule has 0 amide bonds. The molecule has 0 spiro atoms. The van der Waals surface area contributed by atoms with Crippen LogP contribution in [0.4, 0.5) is 0 Å². The molecule has 3 aliphatic rings. The molecule has 0 saturated heterocycles. The fourth-order valence-corrected chi connectivity index (χ4v) is 9.21. The Balaban J connectivity index is 0.000000190. The topological polar surface area (TPSA) is 0 Å². The molecule has 284 valence electrons. The summed E-state index contributed by atoms with van der Waals surface area (Å²) in [6.45, 7) is 30.2. The zero-order valence-electron chi connectivity index (χ0n) is 36.0. The minimum Gasteiger partial charge on any atom is -0.0764 e. The maximum absolute atomic E-state index is 2.47. The second-order valence-electron chi connectivity index (χ2n) is 20.8. The molecule has 0 heterocycles. The van der Waals surface area contributed by atoms with Crippen LogP contribution < -0.4 is 0 Å². The van der Waals surface area contributed by atoms with Crippen molar-refractivity contribution >= 4 is 0 Å². The van der Waals surface area contributed by atoms with Gasteiger partial charge in [0.25, 0.3) is 0 Å². The van der Waals surface area contributed by atoms with E-state index in [-0.39, 0.29) is 27.1 Å². The van der Waals surface area contributed by atoms with Crippen LogP contribution in [0.15, 0.2) is 121 Å². The second kappa shape index (κ2) is 13.7. The van der Waals surface area contributed by atoms with Crippen LogP contribution in [0.2, 0.25) is 0 Å². The zero-order chi connectivity index (χ0) is 39.7. The first-order valence-electron chi connectivity index (χ1n) is 20.7. The predicted octanol–water partition coefficient (Wildman–Crippen LogP) is 14.8. The monoisotopic (exact) mass is 725 g/mol. The van der Waals surface area contributed by atoms with Crippen LogP contribution in [-0.2, 0) is 39.9 Å². The normalized spacial score (nSPS) is 15.9. The van der Waals surface area contributed by atoms with Gasteiger partial charge in [0, 0.05) is 11.3 Å². The number of benzene rings is 5. The highest BCUT2D eigenvalue weighted by Gasteiger charge is 2.42. The van der Waals surface area contributed by atoms with Gasteiger partial charge in [0.05, 0.1) is 0 Å². The molecule has 0 fully saturated rings. The lowest BCUT2D eigenvalue weighted by molar-refractivity contribution is 0.463. The smallest absolute Gasteiger partial charge is 0.0278 e. The number of hydrogen-bond donors (Lipinski definition) is 0. The SMILES string of the molecule is CC(C)(C)c1ccc2c(c1)Cc1c-2ccc(C(C)(C)C)c1C(C)(c1ccccc1)C1C=CC=C1.CC(C)(C)c1ccc2c(c1)Cc1cc(C(C)(C)C)ccc1-2. The van der Waals surface area contributed by atoms with E-state index in [4.69, 9.17) is 0 Å². The zero-order valence-corrected chi connectivity index (χ0v) is 36.0. The summed E-state index contributed by atoms with van der Waals surface area (Å²) in [5.41, 5.74) is 20.9. The molecule has 8 rings (SSSR count). The van der Waals surface area contributed by atoms with E-state index < -0.39 is 0 Å². The first-order valence-corrected chi connectivity index (χ1v) is 20.7. The van der Waals surface area contributed by atoms with Crippen molar-refractivity contribution in [2.45, 2.75) is 130 Å². The van der Waals surface area contributed by atoms with Crippen molar-refractivity contribution in [3.8, 4) is 22.3 Å². The van der Waals surface area contributed by atoms with E-state index in [0.717, 1.165) is 12.8 Å². The lowest BCUT2D eigenvalue weighted by Crippen LogP contribution is -2.35. The lowest BCUT2D eigenvalue weighted by Gasteiger charge is -2.41. The molecule has 55 heavy (non-hydrogen) atoms. The number of allylic oxidation sites excluding steroid dienone is 4. The van der Waals surface area contributed by atoms with Crippen LogP contribution in [0.1, 0.15) is 146 Å². The average Bonchev–Trinajstić information content (AvgIpc) is 3.87. The molecule has 0 heteroatoms. The summed E-state index contributed by atoms with van der Waals surface area (Å²) in [4.78, 5) is 0. The summed E-state index contributed by atoms with van der Waals surface area (Å²) in [6, 6.07) is 37.2. The molecule has 5 aromatic rings. The first kappa shape index (κ1) is 38.8. The van der Waals surface area contributed by atoms with Crippen LogP contribution >= 0.6 is 0 Å². The summed E-state index contributed by atoms with van der Waals surface area (Å²) >= 11 is 0. The third-order valence-corrected chi connectivity index (χ3v) is 12.7. The minimum absolute atomic E-state index is 0.0534. The Morgan fingerprint density at radius 3 is 1.25 bits per heavy atom. The van der Waals surface area contributed by atoms with Gasteiger partial charge in [0.2, 0.25) is 0 Å². The van der Waals surface area contributed by atoms with Gasteiger partial charge in [-0.15, -0.1) is 0 Å². The average molecular weight is 725 g/mol. The van der Waals surface area contributed by atoms with Gasteiger partial charge in [-0.05, 0) is 112 Å². The quantitative estimate of drug-likeness (QED) is 0.170. The summed E-state index contributed by atoms with van der Waals surface area (Å²) < 4.78 is 0. The molecule has 0 aromatic heterocycles. The highest BCUT2D eigenvalue weighted by atomic mass is 14.5. The molecule has 3 aliphatic carbocycles. The molecule has 1 atom stereocenters. The molecule has 1 unspecified atom stereocenters. The van der Waals surface area contributed by atoms with Crippen molar-refractivity contribution in [1.29, 1.82) is 0 Å². The molecular formula is C55H64. The second-order valence-corrected chi connectivity index (χ2v) is 20.8. The van der Waals surface area contributed by atoms with E-state index in [1.165, 1.54) is 77.9 Å². The van der Waals surface area contributed by atoms with E-state index in [0.29, 0.717) is 5.92 Å². The van der Waals surface area contributed by atoms with E-state index in [1.54, 1.807) is 0 Å². The highest BCUT2D eigenvalue weighted by molar-refractivity contribution is 5.81. The van der Waals surface area contributed by atoms with Gasteiger partial charge in [0.1, 0.15) is 0 Å². The molecule has 0 bridgehead atoms. The summed E-state index contributed by atoms with van der Waals surface area (Å²) in [6.07, 6.45) is 11.3. The standard InChI is InChI=1S/C34H38.C21H26/c1-32(2,3)26-17-18-27-23(21-26)22-29-28(27)19-20-30(33(4,5)6)31(29)34(7,25-15-11-12-16-25)24-13-9-8-10-14-24;1-20(2,3)16-7-9-18-14(12-16)11-15-13-17(21(4,5)6)8-10-19(15)18/h8-21,25H,22H2,1-7H3;7-10,12-13H,11H2,1-6H3. The number of fused-ring (bicyclic) bond motifs is 6. The maximum Gasteiger partial charge on any atom is 0.0278 e. The molecule has 0 aliphatic heterocycles. The third kappa shape index (κ3) is 7.23. The Morgan fingerprint density at radius 2 is 0.818 bits per heavy atom. The largest absolute Gasteiger partial charge is 0.0764 e. The lowest BCUT2D eigenvalue weighted by atomic mass is 9.62. The molecule has 0 nitrogen and oxygen atoms in total. The summed E-state index contributed by atoms with van der Waals surface area (Å²) in [5.74, 6) is 0.330. The van der Waals surface area contributed by atoms with Crippen molar-refractivity contribution in [1.82, 2.24) is 0 Å². The van der Waals surface area contributed by atoms with Gasteiger partial charge >= 0.3 is 0 Å². The van der Waals surface area contributed by atoms with Gasteiger partial charge in [0.15, 0.2) is 0 Å². The maximum atomic E-state index is 2.47. The Hall–Kier alpha value is -4.42. The van der Waals surface area contributed by atoms with Crippen LogP contribution in [0.3, 0.4) is 0 Å². The summed E-state index contributed by atoms with van der Waals surface area (Å²) in [7, 11) is 0. The summed E-state index contributed by atoms with van der Waals surface area (Å²) in [5, 5.41) is 0. The van der Waals surface area contributed by atoms with Crippen molar-refractivity contribution in [2.24, 2.45) is 5.92 Å². The van der Waals surface area contributed by atoms with E-state index >= 15 is 0 Å². The minimum atomic E-state index is -0.145. The Kier molecular flexibility index (Phi) is 9.64. The Labute approximate surface area is 333 Å². The fraction of sp³-hybridized carbons (Fsp3) is 0.382. The van der Waals surface area contributed by atoms with Gasteiger partial charge in [-0.1, -0.05) is 211 Å². The Morgan fingerprint density at radius 1 is 0.400 bits per heavy atom. The van der Waals surface area contributed by atoms with E-state index in [9.17, 15) is 0 Å². The number of rotatable bonds is 3. The Bertz CT molecular complexity index is 2220. The van der Waals surface area contributed by atoms with Crippen molar-refractivity contribution in [3.05, 3.63) is 177 Å². The molecular weight excluding hydrogens is 661 g/mol. The van der Waals surface area contributed by atoms with Gasteiger partial charge < -0.3 is 0 Å². The van der Waals surface area contributed by atoms with Crippen molar-refractivity contribution in [3.63, 3.8) is 0 Å². The van der Waals surface area contributed by atoms with Crippen molar-refractivity contribution < 1.29 is 0 Å². The van der Waals surface area contributed by atoms with Crippen LogP contribution in [0.25, 0.3) is 22.3 Å².